The maximum atomic E-state index is 9.85. The molecule has 0 saturated heterocycles. The van der Waals surface area contributed by atoms with E-state index >= 15 is 0 Å². The van der Waals surface area contributed by atoms with E-state index in [2.05, 4.69) is 43.4 Å². The van der Waals surface area contributed by atoms with Gasteiger partial charge < -0.3 is 15.2 Å². The van der Waals surface area contributed by atoms with Gasteiger partial charge in [-0.25, -0.2) is 0 Å². The van der Waals surface area contributed by atoms with Gasteiger partial charge in [0.25, 0.3) is 0 Å². The van der Waals surface area contributed by atoms with E-state index in [1.807, 2.05) is 6.07 Å². The van der Waals surface area contributed by atoms with Crippen LogP contribution in [0.2, 0.25) is 0 Å². The minimum Gasteiger partial charge on any atom is -0.508 e. The zero-order valence-corrected chi connectivity index (χ0v) is 12.2. The second-order valence-electron chi connectivity index (χ2n) is 5.01. The first kappa shape index (κ1) is 14.4. The summed E-state index contributed by atoms with van der Waals surface area (Å²) < 4.78 is 5.18. The van der Waals surface area contributed by atoms with Crippen LogP contribution in [0.1, 0.15) is 29.7 Å². The molecule has 106 valence electrons. The first-order chi connectivity index (χ1) is 9.60. The fourth-order valence-electron chi connectivity index (χ4n) is 2.07. The predicted octanol–water partition coefficient (Wildman–Crippen LogP) is 3.56. The molecule has 2 N–H and O–H groups in total. The smallest absolute Gasteiger partial charge is 0.120 e. The van der Waals surface area contributed by atoms with Crippen molar-refractivity contribution in [3.8, 4) is 11.5 Å². The van der Waals surface area contributed by atoms with E-state index in [1.165, 1.54) is 11.1 Å². The molecule has 0 aliphatic heterocycles. The highest BCUT2D eigenvalue weighted by molar-refractivity contribution is 5.39. The summed E-state index contributed by atoms with van der Waals surface area (Å²) in [4.78, 5) is 0. The van der Waals surface area contributed by atoms with Gasteiger partial charge in [0.15, 0.2) is 0 Å². The van der Waals surface area contributed by atoms with Gasteiger partial charge in [0.1, 0.15) is 11.5 Å². The second-order valence-corrected chi connectivity index (χ2v) is 5.01. The molecule has 2 aromatic carbocycles. The van der Waals surface area contributed by atoms with E-state index in [0.717, 1.165) is 11.3 Å². The Bertz CT molecular complexity index is 564. The van der Waals surface area contributed by atoms with Crippen LogP contribution in [0, 0.1) is 6.92 Å². The molecule has 0 aromatic heterocycles. The number of phenols is 1. The largest absolute Gasteiger partial charge is 0.508 e. The van der Waals surface area contributed by atoms with Crippen LogP contribution in [-0.4, -0.2) is 12.2 Å². The highest BCUT2D eigenvalue weighted by Gasteiger charge is 2.07. The molecule has 0 amide bonds. The molecule has 0 aliphatic carbocycles. The zero-order chi connectivity index (χ0) is 14.5. The Morgan fingerprint density at radius 1 is 1.15 bits per heavy atom. The molecule has 3 nitrogen and oxygen atoms in total. The topological polar surface area (TPSA) is 41.5 Å². The third-order valence-electron chi connectivity index (χ3n) is 3.46. The summed E-state index contributed by atoms with van der Waals surface area (Å²) in [5, 5.41) is 13.3. The number of hydrogen-bond donors (Lipinski definition) is 2. The zero-order valence-electron chi connectivity index (χ0n) is 12.2. The van der Waals surface area contributed by atoms with Crippen molar-refractivity contribution in [2.45, 2.75) is 26.4 Å². The average Bonchev–Trinajstić information content (AvgIpc) is 2.47. The molecule has 0 fully saturated rings. The van der Waals surface area contributed by atoms with Crippen LogP contribution in [0.15, 0.2) is 42.5 Å². The van der Waals surface area contributed by atoms with Gasteiger partial charge in [0, 0.05) is 18.2 Å². The lowest BCUT2D eigenvalue weighted by atomic mass is 10.1. The molecule has 0 radical (unpaired) electrons. The average molecular weight is 271 g/mol. The Hall–Kier alpha value is -2.00. The van der Waals surface area contributed by atoms with Crippen LogP contribution in [0.3, 0.4) is 0 Å². The van der Waals surface area contributed by atoms with Crippen molar-refractivity contribution in [3.05, 3.63) is 59.2 Å². The summed E-state index contributed by atoms with van der Waals surface area (Å²) in [6.07, 6.45) is 0. The summed E-state index contributed by atoms with van der Waals surface area (Å²) in [5.74, 6) is 1.04. The maximum absolute atomic E-state index is 9.85. The Morgan fingerprint density at radius 3 is 2.50 bits per heavy atom. The molecule has 0 bridgehead atoms. The fourth-order valence-corrected chi connectivity index (χ4v) is 2.07. The number of aryl methyl sites for hydroxylation is 1. The summed E-state index contributed by atoms with van der Waals surface area (Å²) in [7, 11) is 1.62. The monoisotopic (exact) mass is 271 g/mol. The van der Waals surface area contributed by atoms with Crippen molar-refractivity contribution in [3.63, 3.8) is 0 Å². The van der Waals surface area contributed by atoms with Crippen molar-refractivity contribution in [2.75, 3.05) is 7.11 Å². The Labute approximate surface area is 120 Å². The number of benzene rings is 2. The molecule has 2 rings (SSSR count). The van der Waals surface area contributed by atoms with E-state index in [9.17, 15) is 5.11 Å². The van der Waals surface area contributed by atoms with Crippen molar-refractivity contribution in [1.82, 2.24) is 5.32 Å². The lowest BCUT2D eigenvalue weighted by molar-refractivity contribution is 0.409. The molecule has 2 aromatic rings. The Balaban J connectivity index is 2.02. The van der Waals surface area contributed by atoms with E-state index in [1.54, 1.807) is 19.2 Å². The molecule has 0 unspecified atom stereocenters. The quantitative estimate of drug-likeness (QED) is 0.873. The molecule has 0 heterocycles. The summed E-state index contributed by atoms with van der Waals surface area (Å²) >= 11 is 0. The number of aromatic hydroxyl groups is 1. The van der Waals surface area contributed by atoms with E-state index in [0.29, 0.717) is 6.54 Å². The molecule has 20 heavy (non-hydrogen) atoms. The number of rotatable bonds is 5. The van der Waals surface area contributed by atoms with E-state index in [-0.39, 0.29) is 11.8 Å². The van der Waals surface area contributed by atoms with Gasteiger partial charge >= 0.3 is 0 Å². The van der Waals surface area contributed by atoms with E-state index < -0.39 is 0 Å². The van der Waals surface area contributed by atoms with Gasteiger partial charge in [-0.15, -0.1) is 0 Å². The minimum absolute atomic E-state index is 0.223. The first-order valence-corrected chi connectivity index (χ1v) is 6.76. The molecule has 1 atom stereocenters. The standard InChI is InChI=1S/C17H21NO2/c1-12-4-6-14(7-5-12)13(2)18-11-15-10-16(20-3)8-9-17(15)19/h4-10,13,18-19H,11H2,1-3H3/t13-/m0/s1. The van der Waals surface area contributed by atoms with Crippen LogP contribution < -0.4 is 10.1 Å². The highest BCUT2D eigenvalue weighted by Crippen LogP contribution is 2.23. The van der Waals surface area contributed by atoms with Gasteiger partial charge in [0.2, 0.25) is 0 Å². The van der Waals surface area contributed by atoms with Gasteiger partial charge in [0.05, 0.1) is 7.11 Å². The second kappa shape index (κ2) is 6.44. The molecule has 3 heteroatoms. The Morgan fingerprint density at radius 2 is 1.85 bits per heavy atom. The number of methoxy groups -OCH3 is 1. The first-order valence-electron chi connectivity index (χ1n) is 6.76. The third kappa shape index (κ3) is 3.52. The molecular weight excluding hydrogens is 250 g/mol. The molecular formula is C17H21NO2. The third-order valence-corrected chi connectivity index (χ3v) is 3.46. The molecule has 0 spiro atoms. The van der Waals surface area contributed by atoms with Crippen LogP contribution in [0.25, 0.3) is 0 Å². The normalized spacial score (nSPS) is 12.2. The van der Waals surface area contributed by atoms with Gasteiger partial charge in [-0.3, -0.25) is 0 Å². The fraction of sp³-hybridized carbons (Fsp3) is 0.294. The maximum Gasteiger partial charge on any atom is 0.120 e. The van der Waals surface area contributed by atoms with Gasteiger partial charge in [-0.1, -0.05) is 29.8 Å². The number of nitrogens with one attached hydrogen (secondary N) is 1. The number of hydrogen-bond acceptors (Lipinski definition) is 3. The highest BCUT2D eigenvalue weighted by atomic mass is 16.5. The molecule has 0 aliphatic rings. The van der Waals surface area contributed by atoms with Crippen LogP contribution in [-0.2, 0) is 6.54 Å². The minimum atomic E-state index is 0.223. The van der Waals surface area contributed by atoms with Crippen LogP contribution in [0.5, 0.6) is 11.5 Å². The predicted molar refractivity (Wildman–Crippen MR) is 81.1 cm³/mol. The van der Waals surface area contributed by atoms with Gasteiger partial charge in [-0.05, 0) is 37.6 Å². The van der Waals surface area contributed by atoms with Crippen molar-refractivity contribution in [2.24, 2.45) is 0 Å². The number of phenolic OH excluding ortho intramolecular Hbond substituents is 1. The van der Waals surface area contributed by atoms with Crippen molar-refractivity contribution >= 4 is 0 Å². The summed E-state index contributed by atoms with van der Waals surface area (Å²) in [5.41, 5.74) is 3.33. The Kier molecular flexibility index (Phi) is 4.64. The lowest BCUT2D eigenvalue weighted by Gasteiger charge is -2.15. The number of ether oxygens (including phenoxy) is 1. The summed E-state index contributed by atoms with van der Waals surface area (Å²) in [6, 6.07) is 13.9. The lowest BCUT2D eigenvalue weighted by Crippen LogP contribution is -2.18. The van der Waals surface area contributed by atoms with Gasteiger partial charge in [-0.2, -0.15) is 0 Å². The van der Waals surface area contributed by atoms with Crippen LogP contribution in [0.4, 0.5) is 0 Å². The SMILES string of the molecule is COc1ccc(O)c(CN[C@@H](C)c2ccc(C)cc2)c1. The molecule has 0 saturated carbocycles. The summed E-state index contributed by atoms with van der Waals surface area (Å²) in [6.45, 7) is 4.79. The van der Waals surface area contributed by atoms with Crippen LogP contribution >= 0.6 is 0 Å². The van der Waals surface area contributed by atoms with Crippen molar-refractivity contribution in [1.29, 1.82) is 0 Å². The van der Waals surface area contributed by atoms with E-state index in [4.69, 9.17) is 4.74 Å². The van der Waals surface area contributed by atoms with Crippen molar-refractivity contribution < 1.29 is 9.84 Å².